The summed E-state index contributed by atoms with van der Waals surface area (Å²) in [4.78, 5) is 13.1. The Morgan fingerprint density at radius 1 is 1.10 bits per heavy atom. The van der Waals surface area contributed by atoms with E-state index in [9.17, 15) is 4.79 Å². The smallest absolute Gasteiger partial charge is 0.262 e. The predicted octanol–water partition coefficient (Wildman–Crippen LogP) is 4.70. The van der Waals surface area contributed by atoms with Crippen LogP contribution >= 0.6 is 11.3 Å². The third-order valence-corrected chi connectivity index (χ3v) is 4.70. The fraction of sp³-hybridized carbons (Fsp3) is 0.167. The van der Waals surface area contributed by atoms with E-state index in [2.05, 4.69) is 35.6 Å². The van der Waals surface area contributed by atoms with Crippen LogP contribution in [0.15, 0.2) is 53.9 Å². The van der Waals surface area contributed by atoms with Crippen molar-refractivity contribution in [3.63, 3.8) is 0 Å². The molecule has 2 aromatic carbocycles. The van der Waals surface area contributed by atoms with E-state index in [0.29, 0.717) is 0 Å². The lowest BCUT2D eigenvalue weighted by Gasteiger charge is -2.15. The lowest BCUT2D eigenvalue weighted by molar-refractivity contribution is 0.0943. The van der Waals surface area contributed by atoms with Gasteiger partial charge >= 0.3 is 0 Å². The summed E-state index contributed by atoms with van der Waals surface area (Å²) < 4.78 is 0. The minimum atomic E-state index is -0.0105. The maximum absolute atomic E-state index is 12.3. The molecule has 1 N–H and O–H groups in total. The summed E-state index contributed by atoms with van der Waals surface area (Å²) in [5.41, 5.74) is 2.15. The third kappa shape index (κ3) is 2.83. The second kappa shape index (κ2) is 5.70. The Morgan fingerprint density at radius 3 is 2.57 bits per heavy atom. The highest BCUT2D eigenvalue weighted by Gasteiger charge is 2.14. The van der Waals surface area contributed by atoms with Crippen LogP contribution in [0.25, 0.3) is 10.8 Å². The Balaban J connectivity index is 1.82. The molecule has 0 saturated heterocycles. The van der Waals surface area contributed by atoms with Crippen molar-refractivity contribution in [2.75, 3.05) is 0 Å². The van der Waals surface area contributed by atoms with Crippen molar-refractivity contribution in [3.8, 4) is 0 Å². The molecule has 0 unspecified atom stereocenters. The molecule has 1 amide bonds. The molecule has 106 valence electrons. The number of thiophene rings is 1. The number of nitrogens with one attached hydrogen (secondary N) is 1. The first-order valence-corrected chi connectivity index (χ1v) is 7.87. The van der Waals surface area contributed by atoms with Gasteiger partial charge in [0.1, 0.15) is 0 Å². The second-order valence-electron chi connectivity index (χ2n) is 5.23. The summed E-state index contributed by atoms with van der Waals surface area (Å²) in [6.45, 7) is 3.98. The van der Waals surface area contributed by atoms with E-state index in [1.807, 2.05) is 37.4 Å². The number of benzene rings is 2. The van der Waals surface area contributed by atoms with Crippen molar-refractivity contribution in [2.24, 2.45) is 0 Å². The number of hydrogen-bond donors (Lipinski definition) is 1. The Kier molecular flexibility index (Phi) is 3.76. The van der Waals surface area contributed by atoms with Crippen LogP contribution in [0, 0.1) is 6.92 Å². The molecule has 3 aromatic rings. The summed E-state index contributed by atoms with van der Waals surface area (Å²) >= 11 is 1.49. The number of hydrogen-bond acceptors (Lipinski definition) is 2. The molecule has 0 fully saturated rings. The SMILES string of the molecule is Cc1ccsc1C(=O)N[C@H](C)c1ccc2ccccc2c1. The largest absolute Gasteiger partial charge is 0.345 e. The van der Waals surface area contributed by atoms with Gasteiger partial charge in [-0.2, -0.15) is 0 Å². The highest BCUT2D eigenvalue weighted by atomic mass is 32.1. The molecule has 0 bridgehead atoms. The number of aryl methyl sites for hydroxylation is 1. The topological polar surface area (TPSA) is 29.1 Å². The molecule has 3 heteroatoms. The first-order chi connectivity index (χ1) is 10.1. The van der Waals surface area contributed by atoms with E-state index in [0.717, 1.165) is 16.0 Å². The molecule has 1 atom stereocenters. The number of carbonyl (C=O) groups excluding carboxylic acids is 1. The molecule has 1 aromatic heterocycles. The van der Waals surface area contributed by atoms with Gasteiger partial charge in [-0.1, -0.05) is 36.4 Å². The van der Waals surface area contributed by atoms with Crippen molar-refractivity contribution in [1.29, 1.82) is 0 Å². The molecule has 0 radical (unpaired) electrons. The Hall–Kier alpha value is -2.13. The monoisotopic (exact) mass is 295 g/mol. The van der Waals surface area contributed by atoms with Crippen LogP contribution in [0.4, 0.5) is 0 Å². The highest BCUT2D eigenvalue weighted by molar-refractivity contribution is 7.12. The van der Waals surface area contributed by atoms with E-state index >= 15 is 0 Å². The molecule has 0 saturated carbocycles. The molecule has 0 aliphatic carbocycles. The van der Waals surface area contributed by atoms with Gasteiger partial charge in [0.15, 0.2) is 0 Å². The van der Waals surface area contributed by atoms with Gasteiger partial charge in [-0.05, 0) is 53.3 Å². The van der Waals surface area contributed by atoms with Gasteiger partial charge in [-0.15, -0.1) is 11.3 Å². The molecule has 2 nitrogen and oxygen atoms in total. The van der Waals surface area contributed by atoms with Gasteiger partial charge in [-0.3, -0.25) is 4.79 Å². The maximum Gasteiger partial charge on any atom is 0.262 e. The molecule has 21 heavy (non-hydrogen) atoms. The van der Waals surface area contributed by atoms with Crippen LogP contribution in [0.5, 0.6) is 0 Å². The van der Waals surface area contributed by atoms with Crippen LogP contribution in [0.2, 0.25) is 0 Å². The summed E-state index contributed by atoms with van der Waals surface area (Å²) in [5, 5.41) is 7.44. The zero-order valence-corrected chi connectivity index (χ0v) is 12.9. The van der Waals surface area contributed by atoms with Crippen LogP contribution in [0.1, 0.15) is 33.8 Å². The average Bonchev–Trinajstić information content (AvgIpc) is 2.93. The van der Waals surface area contributed by atoms with Gasteiger partial charge in [0.2, 0.25) is 0 Å². The van der Waals surface area contributed by atoms with Gasteiger partial charge in [-0.25, -0.2) is 0 Å². The minimum absolute atomic E-state index is 0.00292. The Morgan fingerprint density at radius 2 is 1.86 bits per heavy atom. The molecule has 0 spiro atoms. The number of rotatable bonds is 3. The fourth-order valence-electron chi connectivity index (χ4n) is 2.43. The third-order valence-electron chi connectivity index (χ3n) is 3.69. The van der Waals surface area contributed by atoms with Crippen LogP contribution in [-0.2, 0) is 0 Å². The number of amides is 1. The van der Waals surface area contributed by atoms with E-state index in [4.69, 9.17) is 0 Å². The zero-order chi connectivity index (χ0) is 14.8. The van der Waals surface area contributed by atoms with E-state index < -0.39 is 0 Å². The highest BCUT2D eigenvalue weighted by Crippen LogP contribution is 2.22. The summed E-state index contributed by atoms with van der Waals surface area (Å²) in [6.07, 6.45) is 0. The Bertz CT molecular complexity index is 791. The predicted molar refractivity (Wildman–Crippen MR) is 88.9 cm³/mol. The van der Waals surface area contributed by atoms with Gasteiger partial charge in [0.05, 0.1) is 10.9 Å². The van der Waals surface area contributed by atoms with Crippen molar-refractivity contribution >= 4 is 28.0 Å². The van der Waals surface area contributed by atoms with E-state index in [-0.39, 0.29) is 11.9 Å². The number of carbonyl (C=O) groups is 1. The summed E-state index contributed by atoms with van der Waals surface area (Å²) in [5.74, 6) is 0.00292. The molecule has 0 aliphatic heterocycles. The normalized spacial score (nSPS) is 12.3. The van der Waals surface area contributed by atoms with Crippen LogP contribution in [-0.4, -0.2) is 5.91 Å². The molecule has 1 heterocycles. The first-order valence-electron chi connectivity index (χ1n) is 6.99. The quantitative estimate of drug-likeness (QED) is 0.745. The summed E-state index contributed by atoms with van der Waals surface area (Å²) in [7, 11) is 0. The number of fused-ring (bicyclic) bond motifs is 1. The molecule has 3 rings (SSSR count). The van der Waals surface area contributed by atoms with Crippen molar-refractivity contribution in [3.05, 3.63) is 69.9 Å². The Labute approximate surface area is 128 Å². The van der Waals surface area contributed by atoms with Crippen molar-refractivity contribution in [1.82, 2.24) is 5.32 Å². The first kappa shape index (κ1) is 13.8. The van der Waals surface area contributed by atoms with Crippen LogP contribution < -0.4 is 5.32 Å². The van der Waals surface area contributed by atoms with E-state index in [1.54, 1.807) is 0 Å². The second-order valence-corrected chi connectivity index (χ2v) is 6.15. The average molecular weight is 295 g/mol. The van der Waals surface area contributed by atoms with Gasteiger partial charge in [0, 0.05) is 0 Å². The van der Waals surface area contributed by atoms with E-state index in [1.165, 1.54) is 22.1 Å². The lowest BCUT2D eigenvalue weighted by atomic mass is 10.0. The van der Waals surface area contributed by atoms with Crippen molar-refractivity contribution < 1.29 is 4.79 Å². The van der Waals surface area contributed by atoms with Crippen LogP contribution in [0.3, 0.4) is 0 Å². The summed E-state index contributed by atoms with van der Waals surface area (Å²) in [6, 6.07) is 16.5. The maximum atomic E-state index is 12.3. The minimum Gasteiger partial charge on any atom is -0.345 e. The lowest BCUT2D eigenvalue weighted by Crippen LogP contribution is -2.26. The molecule has 0 aliphatic rings. The zero-order valence-electron chi connectivity index (χ0n) is 12.1. The standard InChI is InChI=1S/C18H17NOS/c1-12-9-10-21-17(12)18(20)19-13(2)15-8-7-14-5-3-4-6-16(14)11-15/h3-11,13H,1-2H3,(H,19,20)/t13-/m1/s1. The van der Waals surface area contributed by atoms with Gasteiger partial charge in [0.25, 0.3) is 5.91 Å². The molecular formula is C18H17NOS. The van der Waals surface area contributed by atoms with Crippen molar-refractivity contribution in [2.45, 2.75) is 19.9 Å². The molecular weight excluding hydrogens is 278 g/mol. The van der Waals surface area contributed by atoms with Gasteiger partial charge < -0.3 is 5.32 Å². The fourth-order valence-corrected chi connectivity index (χ4v) is 3.26.